The topological polar surface area (TPSA) is 55.6 Å². The fourth-order valence-electron chi connectivity index (χ4n) is 3.69. The third kappa shape index (κ3) is 4.13. The van der Waals surface area contributed by atoms with Gasteiger partial charge in [-0.1, -0.05) is 18.9 Å². The monoisotopic (exact) mass is 363 g/mol. The number of hydrogen-bond donors (Lipinski definition) is 1. The van der Waals surface area contributed by atoms with E-state index in [1.165, 1.54) is 25.7 Å². The predicted molar refractivity (Wildman–Crippen MR) is 105 cm³/mol. The molecular weight excluding hydrogens is 338 g/mol. The first-order chi connectivity index (χ1) is 13.2. The lowest BCUT2D eigenvalue weighted by Crippen LogP contribution is -2.28. The summed E-state index contributed by atoms with van der Waals surface area (Å²) in [6.07, 6.45) is 9.01. The van der Waals surface area contributed by atoms with Crippen molar-refractivity contribution in [3.63, 3.8) is 0 Å². The highest BCUT2D eigenvalue weighted by molar-refractivity contribution is 5.94. The van der Waals surface area contributed by atoms with E-state index in [2.05, 4.69) is 10.3 Å². The summed E-state index contributed by atoms with van der Waals surface area (Å²) in [5, 5.41) is 3.05. The van der Waals surface area contributed by atoms with E-state index in [4.69, 9.17) is 4.74 Å². The molecule has 1 saturated carbocycles. The van der Waals surface area contributed by atoms with Gasteiger partial charge in [0.25, 0.3) is 5.91 Å². The smallest absolute Gasteiger partial charge is 0.251 e. The molecule has 2 aromatic heterocycles. The van der Waals surface area contributed by atoms with Crippen LogP contribution in [0, 0.1) is 12.8 Å². The third-order valence-corrected chi connectivity index (χ3v) is 5.26. The molecule has 4 rings (SSSR count). The number of nitrogens with zero attached hydrogens (tertiary/aromatic N) is 2. The number of amides is 1. The molecule has 3 aromatic rings. The molecule has 0 bridgehead atoms. The van der Waals surface area contributed by atoms with Crippen LogP contribution in [0.25, 0.3) is 5.65 Å². The number of hydrogen-bond acceptors (Lipinski definition) is 3. The minimum absolute atomic E-state index is 0.00993. The Labute approximate surface area is 159 Å². The van der Waals surface area contributed by atoms with E-state index < -0.39 is 0 Å². The number of ether oxygens (including phenoxy) is 1. The first-order valence-electron chi connectivity index (χ1n) is 9.63. The van der Waals surface area contributed by atoms with Crippen LogP contribution in [-0.4, -0.2) is 21.8 Å². The Morgan fingerprint density at radius 2 is 2.00 bits per heavy atom. The Hall–Kier alpha value is -2.82. The number of aromatic nitrogens is 2. The number of carbonyl (C=O) groups excluding carboxylic acids is 1. The summed E-state index contributed by atoms with van der Waals surface area (Å²) in [6.45, 7) is 3.22. The number of nitrogens with one attached hydrogen (secondary N) is 1. The highest BCUT2D eigenvalue weighted by Gasteiger charge is 2.16. The average Bonchev–Trinajstić information content (AvgIpc) is 3.35. The van der Waals surface area contributed by atoms with Gasteiger partial charge in [-0.05, 0) is 61.6 Å². The van der Waals surface area contributed by atoms with E-state index in [0.29, 0.717) is 18.1 Å². The van der Waals surface area contributed by atoms with Gasteiger partial charge in [0.05, 0.1) is 5.69 Å². The summed E-state index contributed by atoms with van der Waals surface area (Å²) < 4.78 is 7.84. The molecule has 5 nitrogen and oxygen atoms in total. The minimum Gasteiger partial charge on any atom is -0.487 e. The molecule has 1 N–H and O–H groups in total. The second-order valence-electron chi connectivity index (χ2n) is 7.33. The Bertz CT molecular complexity index is 924. The largest absolute Gasteiger partial charge is 0.487 e. The van der Waals surface area contributed by atoms with Crippen molar-refractivity contribution >= 4 is 11.6 Å². The van der Waals surface area contributed by atoms with E-state index in [9.17, 15) is 4.79 Å². The number of fused-ring (bicyclic) bond motifs is 1. The molecule has 0 unspecified atom stereocenters. The normalized spacial score (nSPS) is 14.6. The van der Waals surface area contributed by atoms with Crippen molar-refractivity contribution in [1.82, 2.24) is 14.7 Å². The number of imidazole rings is 1. The van der Waals surface area contributed by atoms with E-state index in [1.807, 2.05) is 60.1 Å². The second-order valence-corrected chi connectivity index (χ2v) is 7.33. The number of pyridine rings is 1. The molecule has 0 spiro atoms. The summed E-state index contributed by atoms with van der Waals surface area (Å²) in [5.74, 6) is 1.37. The highest BCUT2D eigenvalue weighted by atomic mass is 16.5. The molecular formula is C22H25N3O2. The van der Waals surface area contributed by atoms with Crippen LogP contribution in [0.3, 0.4) is 0 Å². The Balaban J connectivity index is 1.33. The third-order valence-electron chi connectivity index (χ3n) is 5.26. The van der Waals surface area contributed by atoms with E-state index >= 15 is 0 Å². The van der Waals surface area contributed by atoms with Crippen LogP contribution in [0.15, 0.2) is 48.8 Å². The van der Waals surface area contributed by atoms with Crippen molar-refractivity contribution in [3.05, 3.63) is 65.6 Å². The maximum atomic E-state index is 12.3. The first-order valence-corrected chi connectivity index (χ1v) is 9.63. The molecule has 5 heteroatoms. The van der Waals surface area contributed by atoms with Crippen LogP contribution in [-0.2, 0) is 6.61 Å². The zero-order valence-corrected chi connectivity index (χ0v) is 15.6. The highest BCUT2D eigenvalue weighted by Crippen LogP contribution is 2.24. The van der Waals surface area contributed by atoms with Crippen LogP contribution in [0.4, 0.5) is 0 Å². The molecule has 0 atom stereocenters. The molecule has 0 aliphatic heterocycles. The molecule has 1 fully saturated rings. The van der Waals surface area contributed by atoms with Crippen LogP contribution < -0.4 is 10.1 Å². The second kappa shape index (κ2) is 7.82. The van der Waals surface area contributed by atoms with Crippen molar-refractivity contribution < 1.29 is 9.53 Å². The van der Waals surface area contributed by atoms with Gasteiger partial charge in [0.2, 0.25) is 0 Å². The standard InChI is InChI=1S/C22H25N3O2/c1-16-5-4-12-25-14-19(24-21(16)25)15-27-20-10-8-18(9-11-20)22(26)23-13-17-6-2-3-7-17/h4-5,8-12,14,17H,2-3,6-7,13,15H2,1H3,(H,23,26). The maximum absolute atomic E-state index is 12.3. The number of carbonyl (C=O) groups is 1. The van der Waals surface area contributed by atoms with Crippen LogP contribution in [0.5, 0.6) is 5.75 Å². The van der Waals surface area contributed by atoms with Crippen LogP contribution >= 0.6 is 0 Å². The van der Waals surface area contributed by atoms with Crippen molar-refractivity contribution in [3.8, 4) is 5.75 Å². The summed E-state index contributed by atoms with van der Waals surface area (Å²) in [6, 6.07) is 11.4. The van der Waals surface area contributed by atoms with Crippen molar-refractivity contribution in [1.29, 1.82) is 0 Å². The van der Waals surface area contributed by atoms with Gasteiger partial charge in [-0.25, -0.2) is 4.98 Å². The minimum atomic E-state index is -0.00993. The quantitative estimate of drug-likeness (QED) is 0.716. The molecule has 1 aliphatic carbocycles. The van der Waals surface area contributed by atoms with E-state index in [0.717, 1.165) is 29.2 Å². The molecule has 27 heavy (non-hydrogen) atoms. The lowest BCUT2D eigenvalue weighted by Gasteiger charge is -2.11. The Kier molecular flexibility index (Phi) is 5.10. The number of aryl methyl sites for hydroxylation is 1. The van der Waals surface area contributed by atoms with Gasteiger partial charge in [0, 0.05) is 24.5 Å². The zero-order chi connectivity index (χ0) is 18.6. The van der Waals surface area contributed by atoms with Gasteiger partial charge >= 0.3 is 0 Å². The van der Waals surface area contributed by atoms with Gasteiger partial charge in [0.1, 0.15) is 18.0 Å². The summed E-state index contributed by atoms with van der Waals surface area (Å²) >= 11 is 0. The van der Waals surface area contributed by atoms with Crippen molar-refractivity contribution in [2.24, 2.45) is 5.92 Å². The van der Waals surface area contributed by atoms with Gasteiger partial charge < -0.3 is 14.5 Å². The SMILES string of the molecule is Cc1cccn2cc(COc3ccc(C(=O)NCC4CCCC4)cc3)nc12. The first kappa shape index (κ1) is 17.6. The van der Waals surface area contributed by atoms with Crippen molar-refractivity contribution in [2.75, 3.05) is 6.54 Å². The summed E-state index contributed by atoms with van der Waals surface area (Å²) in [7, 11) is 0. The van der Waals surface area contributed by atoms with Gasteiger partial charge in [-0.15, -0.1) is 0 Å². The molecule has 1 amide bonds. The Morgan fingerprint density at radius 1 is 1.22 bits per heavy atom. The van der Waals surface area contributed by atoms with Crippen LogP contribution in [0.1, 0.15) is 47.3 Å². The van der Waals surface area contributed by atoms with Crippen LogP contribution in [0.2, 0.25) is 0 Å². The van der Waals surface area contributed by atoms with E-state index in [1.54, 1.807) is 0 Å². The van der Waals surface area contributed by atoms with Gasteiger partial charge in [0.15, 0.2) is 0 Å². The van der Waals surface area contributed by atoms with E-state index in [-0.39, 0.29) is 5.91 Å². The molecule has 0 saturated heterocycles. The van der Waals surface area contributed by atoms with Crippen molar-refractivity contribution in [2.45, 2.75) is 39.2 Å². The average molecular weight is 363 g/mol. The number of benzene rings is 1. The fourth-order valence-corrected chi connectivity index (χ4v) is 3.69. The molecule has 1 aliphatic rings. The molecule has 1 aromatic carbocycles. The zero-order valence-electron chi connectivity index (χ0n) is 15.6. The van der Waals surface area contributed by atoms with Gasteiger partial charge in [-0.2, -0.15) is 0 Å². The predicted octanol–water partition coefficient (Wildman–Crippen LogP) is 4.14. The van der Waals surface area contributed by atoms with Gasteiger partial charge in [-0.3, -0.25) is 4.79 Å². The fraction of sp³-hybridized carbons (Fsp3) is 0.364. The molecule has 0 radical (unpaired) electrons. The summed E-state index contributed by atoms with van der Waals surface area (Å²) in [5.41, 5.74) is 3.63. The number of rotatable bonds is 6. The lowest BCUT2D eigenvalue weighted by molar-refractivity contribution is 0.0947. The lowest BCUT2D eigenvalue weighted by atomic mass is 10.1. The maximum Gasteiger partial charge on any atom is 0.251 e. The molecule has 140 valence electrons. The molecule has 2 heterocycles. The summed E-state index contributed by atoms with van der Waals surface area (Å²) in [4.78, 5) is 16.9. The Morgan fingerprint density at radius 3 is 2.74 bits per heavy atom.